The van der Waals surface area contributed by atoms with Crippen molar-refractivity contribution in [2.45, 2.75) is 25.9 Å². The maximum atomic E-state index is 10.7. The average Bonchev–Trinajstić information content (AvgIpc) is 2.68. The van der Waals surface area contributed by atoms with Gasteiger partial charge in [-0.3, -0.25) is 15.0 Å². The number of benzene rings is 1. The quantitative estimate of drug-likeness (QED) is 0.142. The van der Waals surface area contributed by atoms with E-state index in [0.29, 0.717) is 19.0 Å². The molecule has 0 saturated carbocycles. The molecule has 1 aromatic carbocycles. The van der Waals surface area contributed by atoms with Crippen LogP contribution in [0.4, 0.5) is 5.69 Å². The van der Waals surface area contributed by atoms with Gasteiger partial charge in [0.1, 0.15) is 0 Å². The lowest BCUT2D eigenvalue weighted by Crippen LogP contribution is -2.56. The molecule has 0 spiro atoms. The molecule has 2 rings (SSSR count). The summed E-state index contributed by atoms with van der Waals surface area (Å²) in [5.74, 6) is 0.689. The van der Waals surface area contributed by atoms with E-state index in [4.69, 9.17) is 4.74 Å². The van der Waals surface area contributed by atoms with E-state index >= 15 is 0 Å². The van der Waals surface area contributed by atoms with Crippen LogP contribution in [0.1, 0.15) is 19.4 Å². The number of nitro groups is 1. The largest absolute Gasteiger partial charge is 0.379 e. The van der Waals surface area contributed by atoms with E-state index in [1.165, 1.54) is 12.1 Å². The van der Waals surface area contributed by atoms with Gasteiger partial charge < -0.3 is 15.4 Å². The zero-order valence-corrected chi connectivity index (χ0v) is 18.8. The van der Waals surface area contributed by atoms with Crippen molar-refractivity contribution >= 4 is 35.6 Å². The van der Waals surface area contributed by atoms with Crippen LogP contribution in [-0.4, -0.2) is 60.7 Å². The van der Waals surface area contributed by atoms with Gasteiger partial charge in [-0.25, -0.2) is 4.99 Å². The molecule has 0 aliphatic carbocycles. The van der Waals surface area contributed by atoms with Gasteiger partial charge in [-0.1, -0.05) is 18.2 Å². The lowest BCUT2D eigenvalue weighted by molar-refractivity contribution is -0.384. The van der Waals surface area contributed by atoms with E-state index in [0.717, 1.165) is 38.4 Å². The maximum Gasteiger partial charge on any atom is 0.269 e. The third kappa shape index (κ3) is 7.72. The van der Waals surface area contributed by atoms with Crippen molar-refractivity contribution in [2.24, 2.45) is 4.99 Å². The predicted molar refractivity (Wildman–Crippen MR) is 122 cm³/mol. The predicted octanol–water partition coefficient (Wildman–Crippen LogP) is 2.54. The first-order valence-electron chi connectivity index (χ1n) is 9.11. The van der Waals surface area contributed by atoms with Crippen LogP contribution in [0.15, 0.2) is 41.9 Å². The summed E-state index contributed by atoms with van der Waals surface area (Å²) in [4.78, 5) is 17.3. The molecule has 1 fully saturated rings. The van der Waals surface area contributed by atoms with Gasteiger partial charge >= 0.3 is 0 Å². The lowest BCUT2D eigenvalue weighted by atomic mass is 10.0. The van der Waals surface area contributed by atoms with Crippen LogP contribution < -0.4 is 10.6 Å². The van der Waals surface area contributed by atoms with Crippen LogP contribution in [-0.2, 0) is 11.3 Å². The SMILES string of the molecule is C=CCNC(=NCc1ccc([N+](=O)[O-])cc1)NCC(C)(C)N1CCOCC1.I. The van der Waals surface area contributed by atoms with Gasteiger partial charge in [0.15, 0.2) is 5.96 Å². The Balaban J connectivity index is 0.00000392. The lowest BCUT2D eigenvalue weighted by Gasteiger charge is -2.41. The number of nitrogens with zero attached hydrogens (tertiary/aromatic N) is 3. The van der Waals surface area contributed by atoms with E-state index < -0.39 is 4.92 Å². The summed E-state index contributed by atoms with van der Waals surface area (Å²) in [5.41, 5.74) is 0.958. The fourth-order valence-electron chi connectivity index (χ4n) is 2.82. The van der Waals surface area contributed by atoms with Crippen molar-refractivity contribution in [3.63, 3.8) is 0 Å². The van der Waals surface area contributed by atoms with Crippen LogP contribution in [0.5, 0.6) is 0 Å². The highest BCUT2D eigenvalue weighted by atomic mass is 127. The molecular weight excluding hydrogens is 473 g/mol. The minimum absolute atomic E-state index is 0. The first kappa shape index (κ1) is 24.3. The number of nitro benzene ring substituents is 1. The summed E-state index contributed by atoms with van der Waals surface area (Å²) < 4.78 is 5.43. The molecule has 9 heteroatoms. The Bertz CT molecular complexity index is 658. The van der Waals surface area contributed by atoms with Crippen molar-refractivity contribution < 1.29 is 9.66 Å². The number of hydrogen-bond donors (Lipinski definition) is 2. The molecule has 0 aromatic heterocycles. The second kappa shape index (κ2) is 12.0. The number of ether oxygens (including phenoxy) is 1. The standard InChI is InChI=1S/C19H29N5O3.HI/c1-4-9-20-18(21-14-16-5-7-17(8-6-16)24(25)26)22-15-19(2,3)23-10-12-27-13-11-23;/h4-8H,1,9-15H2,2-3H3,(H2,20,21,22);1H. The Morgan fingerprint density at radius 2 is 1.96 bits per heavy atom. The summed E-state index contributed by atoms with van der Waals surface area (Å²) in [6.45, 7) is 13.3. The monoisotopic (exact) mass is 503 g/mol. The van der Waals surface area contributed by atoms with Crippen molar-refractivity contribution in [1.82, 2.24) is 15.5 Å². The molecule has 1 saturated heterocycles. The topological polar surface area (TPSA) is 92.0 Å². The van der Waals surface area contributed by atoms with E-state index in [1.807, 2.05) is 0 Å². The highest BCUT2D eigenvalue weighted by molar-refractivity contribution is 14.0. The van der Waals surface area contributed by atoms with Gasteiger partial charge in [0.05, 0.1) is 24.7 Å². The fraction of sp³-hybridized carbons (Fsp3) is 0.526. The molecule has 28 heavy (non-hydrogen) atoms. The molecule has 1 aliphatic heterocycles. The molecule has 1 aliphatic rings. The zero-order valence-electron chi connectivity index (χ0n) is 16.5. The number of guanidine groups is 1. The maximum absolute atomic E-state index is 10.7. The number of nitrogens with one attached hydrogen (secondary N) is 2. The third-order valence-electron chi connectivity index (χ3n) is 4.54. The number of rotatable bonds is 8. The number of morpholine rings is 1. The molecule has 1 heterocycles. The Hall–Kier alpha value is -1.72. The van der Waals surface area contributed by atoms with E-state index in [9.17, 15) is 10.1 Å². The smallest absolute Gasteiger partial charge is 0.269 e. The summed E-state index contributed by atoms with van der Waals surface area (Å²) in [5, 5.41) is 17.3. The Morgan fingerprint density at radius 1 is 1.32 bits per heavy atom. The van der Waals surface area contributed by atoms with Gasteiger partial charge in [0.2, 0.25) is 0 Å². The highest BCUT2D eigenvalue weighted by Gasteiger charge is 2.28. The van der Waals surface area contributed by atoms with Crippen LogP contribution in [0.25, 0.3) is 0 Å². The molecule has 0 bridgehead atoms. The second-order valence-electron chi connectivity index (χ2n) is 7.02. The minimum Gasteiger partial charge on any atom is -0.379 e. The molecule has 0 radical (unpaired) electrons. The Morgan fingerprint density at radius 3 is 2.54 bits per heavy atom. The van der Waals surface area contributed by atoms with Gasteiger partial charge in [-0.15, -0.1) is 30.6 Å². The van der Waals surface area contributed by atoms with Gasteiger partial charge in [-0.05, 0) is 19.4 Å². The molecule has 1 aromatic rings. The highest BCUT2D eigenvalue weighted by Crippen LogP contribution is 2.15. The summed E-state index contributed by atoms with van der Waals surface area (Å²) in [6.07, 6.45) is 1.77. The Kier molecular flexibility index (Phi) is 10.4. The fourth-order valence-corrected chi connectivity index (χ4v) is 2.82. The van der Waals surface area contributed by atoms with Crippen molar-refractivity contribution in [2.75, 3.05) is 39.4 Å². The first-order chi connectivity index (χ1) is 12.9. The second-order valence-corrected chi connectivity index (χ2v) is 7.02. The third-order valence-corrected chi connectivity index (χ3v) is 4.54. The average molecular weight is 503 g/mol. The van der Waals surface area contributed by atoms with Crippen LogP contribution in [0.3, 0.4) is 0 Å². The van der Waals surface area contributed by atoms with E-state index in [1.54, 1.807) is 18.2 Å². The zero-order chi connectivity index (χ0) is 19.7. The molecule has 0 atom stereocenters. The van der Waals surface area contributed by atoms with Crippen LogP contribution in [0, 0.1) is 10.1 Å². The molecule has 156 valence electrons. The normalized spacial score (nSPS) is 15.4. The summed E-state index contributed by atoms with van der Waals surface area (Å²) in [6, 6.07) is 6.45. The molecule has 8 nitrogen and oxygen atoms in total. The molecule has 0 unspecified atom stereocenters. The minimum atomic E-state index is -0.403. The van der Waals surface area contributed by atoms with E-state index in [2.05, 4.69) is 41.0 Å². The number of aliphatic imine (C=N–C) groups is 1. The number of halogens is 1. The van der Waals surface area contributed by atoms with Gasteiger partial charge in [0.25, 0.3) is 5.69 Å². The van der Waals surface area contributed by atoms with Crippen LogP contribution in [0.2, 0.25) is 0 Å². The summed E-state index contributed by atoms with van der Waals surface area (Å²) >= 11 is 0. The van der Waals surface area contributed by atoms with Crippen molar-refractivity contribution in [1.29, 1.82) is 0 Å². The van der Waals surface area contributed by atoms with Crippen LogP contribution >= 0.6 is 24.0 Å². The van der Waals surface area contributed by atoms with Gasteiger partial charge in [-0.2, -0.15) is 0 Å². The molecular formula is C19H30IN5O3. The first-order valence-corrected chi connectivity index (χ1v) is 9.11. The van der Waals surface area contributed by atoms with Crippen molar-refractivity contribution in [3.8, 4) is 0 Å². The van der Waals surface area contributed by atoms with E-state index in [-0.39, 0.29) is 35.2 Å². The Labute approximate surface area is 183 Å². The summed E-state index contributed by atoms with van der Waals surface area (Å²) in [7, 11) is 0. The van der Waals surface area contributed by atoms with Gasteiger partial charge in [0, 0.05) is 43.9 Å². The molecule has 0 amide bonds. The van der Waals surface area contributed by atoms with Crippen molar-refractivity contribution in [3.05, 3.63) is 52.6 Å². The molecule has 2 N–H and O–H groups in total. The number of hydrogen-bond acceptors (Lipinski definition) is 5. The number of non-ortho nitro benzene ring substituents is 1.